The summed E-state index contributed by atoms with van der Waals surface area (Å²) < 4.78 is 20.6. The molecule has 0 saturated carbocycles. The van der Waals surface area contributed by atoms with Gasteiger partial charge in [0.25, 0.3) is 0 Å². The number of nitrogens with zero attached hydrogens (tertiary/aromatic N) is 1. The fraction of sp³-hybridized carbons (Fsp3) is 0.531. The van der Waals surface area contributed by atoms with Crippen molar-refractivity contribution in [2.75, 3.05) is 13.1 Å². The van der Waals surface area contributed by atoms with Crippen LogP contribution in [0.2, 0.25) is 5.02 Å². The van der Waals surface area contributed by atoms with Gasteiger partial charge in [-0.25, -0.2) is 14.0 Å². The molecule has 2 aromatic rings. The van der Waals surface area contributed by atoms with E-state index in [9.17, 15) is 24.6 Å². The van der Waals surface area contributed by atoms with Crippen LogP contribution in [0.25, 0.3) is 0 Å². The van der Waals surface area contributed by atoms with Gasteiger partial charge < -0.3 is 19.8 Å². The first-order valence-electron chi connectivity index (χ1n) is 14.3. The van der Waals surface area contributed by atoms with Crippen molar-refractivity contribution in [1.82, 2.24) is 4.90 Å². The van der Waals surface area contributed by atoms with Crippen molar-refractivity contribution < 1.29 is 33.7 Å². The van der Waals surface area contributed by atoms with Crippen molar-refractivity contribution in [3.8, 4) is 0 Å². The van der Waals surface area contributed by atoms with E-state index >= 15 is 4.39 Å². The Kier molecular flexibility index (Phi) is 15.9. The molecule has 41 heavy (non-hydrogen) atoms. The van der Waals surface area contributed by atoms with Crippen LogP contribution in [-0.2, 0) is 10.3 Å². The van der Waals surface area contributed by atoms with Gasteiger partial charge in [-0.1, -0.05) is 53.1 Å². The average Bonchev–Trinajstić information content (AvgIpc) is 2.95. The van der Waals surface area contributed by atoms with Crippen molar-refractivity contribution in [3.63, 3.8) is 0 Å². The summed E-state index contributed by atoms with van der Waals surface area (Å²) in [6.45, 7) is 19.5. The lowest BCUT2D eigenvalue weighted by molar-refractivity contribution is -0.0386. The maximum absolute atomic E-state index is 15.2. The van der Waals surface area contributed by atoms with Crippen molar-refractivity contribution in [2.24, 2.45) is 5.92 Å². The average molecular weight is 596 g/mol. The molecule has 2 aromatic carbocycles. The molecule has 0 aromatic heterocycles. The van der Waals surface area contributed by atoms with Gasteiger partial charge in [0.2, 0.25) is 0 Å². The summed E-state index contributed by atoms with van der Waals surface area (Å²) in [5.74, 6) is -3.70. The molecule has 7 nitrogen and oxygen atoms in total. The van der Waals surface area contributed by atoms with Crippen LogP contribution in [0, 0.1) is 11.7 Å². The van der Waals surface area contributed by atoms with Gasteiger partial charge in [0, 0.05) is 23.7 Å². The maximum Gasteiger partial charge on any atom is 0.410 e. The second-order valence-electron chi connectivity index (χ2n) is 9.91. The summed E-state index contributed by atoms with van der Waals surface area (Å²) in [5.41, 5.74) is -3.20. The van der Waals surface area contributed by atoms with Gasteiger partial charge in [-0.2, -0.15) is 0 Å². The minimum Gasteiger partial charge on any atom is -0.478 e. The van der Waals surface area contributed by atoms with E-state index in [2.05, 4.69) is 0 Å². The third-order valence-electron chi connectivity index (χ3n) is 6.18. The number of amides is 1. The molecule has 2 N–H and O–H groups in total. The first kappa shape index (κ1) is 38.0. The highest BCUT2D eigenvalue weighted by Gasteiger charge is 2.39. The van der Waals surface area contributed by atoms with Gasteiger partial charge in [0.05, 0.1) is 16.7 Å². The Morgan fingerprint density at radius 2 is 1.41 bits per heavy atom. The Morgan fingerprint density at radius 3 is 1.85 bits per heavy atom. The fourth-order valence-corrected chi connectivity index (χ4v) is 4.36. The van der Waals surface area contributed by atoms with Crippen LogP contribution in [-0.4, -0.2) is 51.6 Å². The Hall–Kier alpha value is -2.97. The number of aromatic carboxylic acids is 1. The van der Waals surface area contributed by atoms with E-state index in [0.717, 1.165) is 12.1 Å². The number of benzene rings is 2. The topological polar surface area (TPSA) is 104 Å². The number of rotatable bonds is 5. The summed E-state index contributed by atoms with van der Waals surface area (Å²) in [7, 11) is 0. The highest BCUT2D eigenvalue weighted by Crippen LogP contribution is 2.38. The number of hydrogen-bond acceptors (Lipinski definition) is 5. The lowest BCUT2D eigenvalue weighted by Gasteiger charge is -2.40. The highest BCUT2D eigenvalue weighted by molar-refractivity contribution is 6.30. The normalized spacial score (nSPS) is 14.5. The van der Waals surface area contributed by atoms with Crippen molar-refractivity contribution in [2.45, 2.75) is 93.3 Å². The zero-order chi connectivity index (χ0) is 32.1. The number of likely N-dealkylation sites (tertiary alicyclic amines) is 1. The molecule has 1 amide bonds. The monoisotopic (exact) mass is 595 g/mol. The van der Waals surface area contributed by atoms with Crippen LogP contribution in [0.15, 0.2) is 36.4 Å². The molecule has 0 radical (unpaired) electrons. The molecule has 0 bridgehead atoms. The number of carboxylic acids is 1. The lowest BCUT2D eigenvalue weighted by Crippen LogP contribution is -2.46. The number of hydrogen-bond donors (Lipinski definition) is 2. The Bertz CT molecular complexity index is 1130. The minimum atomic E-state index is -1.59. The number of halogens is 2. The summed E-state index contributed by atoms with van der Waals surface area (Å²) in [6.07, 6.45) is 0.364. The molecule has 1 heterocycles. The van der Waals surface area contributed by atoms with Gasteiger partial charge in [-0.3, -0.25) is 4.79 Å². The van der Waals surface area contributed by atoms with Crippen LogP contribution >= 0.6 is 11.6 Å². The number of ketones is 1. The summed E-state index contributed by atoms with van der Waals surface area (Å²) in [4.78, 5) is 38.8. The van der Waals surface area contributed by atoms with Crippen LogP contribution in [0.1, 0.15) is 114 Å². The number of carbonyl (C=O) groups is 3. The lowest BCUT2D eigenvalue weighted by atomic mass is 9.76. The van der Waals surface area contributed by atoms with Crippen molar-refractivity contribution in [3.05, 3.63) is 69.5 Å². The van der Waals surface area contributed by atoms with E-state index < -0.39 is 46.0 Å². The first-order chi connectivity index (χ1) is 19.2. The van der Waals surface area contributed by atoms with Crippen molar-refractivity contribution >= 4 is 29.4 Å². The summed E-state index contributed by atoms with van der Waals surface area (Å²) in [6, 6.07) is 7.84. The first-order valence-corrected chi connectivity index (χ1v) is 14.7. The summed E-state index contributed by atoms with van der Waals surface area (Å²) in [5, 5.41) is 21.5. The zero-order valence-corrected chi connectivity index (χ0v) is 26.9. The highest BCUT2D eigenvalue weighted by atomic mass is 35.5. The Morgan fingerprint density at radius 1 is 0.927 bits per heavy atom. The Labute approximate surface area is 249 Å². The molecule has 0 aliphatic carbocycles. The fourth-order valence-electron chi connectivity index (χ4n) is 4.23. The minimum absolute atomic E-state index is 0.0516. The molecule has 1 atom stereocenters. The standard InChI is InChI=1S/C26H29ClFNO6.3C2H6/c1-25(2,3)35-24(33)29-11-9-16(10-12-29)26(4,34)17-13-19(23(31)32)21(20(28)14-17)22(30)15-5-7-18(27)8-6-15;3*1-2/h5-8,13-14,16,34H,9-12H2,1-4H3,(H,31,32);3*1-2H3. The van der Waals surface area contributed by atoms with E-state index in [4.69, 9.17) is 16.3 Å². The van der Waals surface area contributed by atoms with Gasteiger partial charge >= 0.3 is 12.1 Å². The second kappa shape index (κ2) is 17.1. The third-order valence-corrected chi connectivity index (χ3v) is 6.43. The quantitative estimate of drug-likeness (QED) is 0.337. The second-order valence-corrected chi connectivity index (χ2v) is 10.3. The number of carbonyl (C=O) groups excluding carboxylic acids is 2. The molecular formula is C32H47ClFNO6. The molecule has 9 heteroatoms. The molecule has 0 spiro atoms. The molecule has 3 rings (SSSR count). The van der Waals surface area contributed by atoms with E-state index in [-0.39, 0.29) is 17.0 Å². The van der Waals surface area contributed by atoms with Crippen LogP contribution < -0.4 is 0 Å². The molecule has 1 aliphatic rings. The number of aliphatic hydroxyl groups is 1. The van der Waals surface area contributed by atoms with E-state index in [1.165, 1.54) is 31.2 Å². The van der Waals surface area contributed by atoms with Gasteiger partial charge in [-0.05, 0) is 88.4 Å². The van der Waals surface area contributed by atoms with Gasteiger partial charge in [-0.15, -0.1) is 0 Å². The Balaban J connectivity index is 0.00000250. The van der Waals surface area contributed by atoms with Crippen LogP contribution in [0.3, 0.4) is 0 Å². The van der Waals surface area contributed by atoms with Crippen LogP contribution in [0.5, 0.6) is 0 Å². The molecule has 230 valence electrons. The molecule has 1 unspecified atom stereocenters. The van der Waals surface area contributed by atoms with E-state index in [1.807, 2.05) is 41.5 Å². The number of piperidine rings is 1. The number of ether oxygens (including phenoxy) is 1. The van der Waals surface area contributed by atoms with Crippen LogP contribution in [0.4, 0.5) is 9.18 Å². The van der Waals surface area contributed by atoms with Crippen molar-refractivity contribution in [1.29, 1.82) is 0 Å². The third kappa shape index (κ3) is 10.4. The molecule has 1 fully saturated rings. The van der Waals surface area contributed by atoms with Gasteiger partial charge in [0.15, 0.2) is 5.78 Å². The predicted octanol–water partition coefficient (Wildman–Crippen LogP) is 8.34. The maximum atomic E-state index is 15.2. The molecule has 1 saturated heterocycles. The van der Waals surface area contributed by atoms with E-state index in [1.54, 1.807) is 25.7 Å². The molecular weight excluding hydrogens is 549 g/mol. The van der Waals surface area contributed by atoms with Gasteiger partial charge in [0.1, 0.15) is 11.4 Å². The number of carboxylic acid groups (broad SMARTS) is 1. The largest absolute Gasteiger partial charge is 0.478 e. The summed E-state index contributed by atoms with van der Waals surface area (Å²) >= 11 is 5.84. The smallest absolute Gasteiger partial charge is 0.410 e. The van der Waals surface area contributed by atoms with E-state index in [0.29, 0.717) is 31.0 Å². The molecule has 1 aliphatic heterocycles. The predicted molar refractivity (Wildman–Crippen MR) is 162 cm³/mol. The SMILES string of the molecule is CC.CC.CC.CC(C)(C)OC(=O)N1CCC(C(C)(O)c2cc(F)c(C(=O)c3ccc(Cl)cc3)c(C(=O)O)c2)CC1. The zero-order valence-electron chi connectivity index (χ0n) is 26.1.